The van der Waals surface area contributed by atoms with E-state index in [1.54, 1.807) is 0 Å². The molecule has 0 bridgehead atoms. The average molecular weight is 691 g/mol. The molecule has 0 aromatic carbocycles. The Hall–Kier alpha value is -0.280. The van der Waals surface area contributed by atoms with Crippen molar-refractivity contribution >= 4 is 0 Å². The lowest BCUT2D eigenvalue weighted by atomic mass is 9.59. The largest absolute Gasteiger partial charge is 0.388 e. The van der Waals surface area contributed by atoms with E-state index >= 15 is 0 Å². The molecular weight excluding hydrogens is 616 g/mol. The van der Waals surface area contributed by atoms with E-state index in [0.717, 1.165) is 75.8 Å². The first-order valence-electron chi connectivity index (χ1n) is 20.8. The van der Waals surface area contributed by atoms with Gasteiger partial charge < -0.3 is 33.5 Å². The molecule has 284 valence electrons. The molecule has 7 nitrogen and oxygen atoms in total. The van der Waals surface area contributed by atoms with Gasteiger partial charge in [0.05, 0.1) is 63.6 Å². The summed E-state index contributed by atoms with van der Waals surface area (Å²) in [6.07, 6.45) is 20.8. The van der Waals surface area contributed by atoms with E-state index in [2.05, 4.69) is 41.5 Å². The maximum atomic E-state index is 10.8. The molecule has 6 rings (SSSR count). The summed E-state index contributed by atoms with van der Waals surface area (Å²) in [6, 6.07) is 0. The van der Waals surface area contributed by atoms with E-state index in [1.807, 2.05) is 0 Å². The fourth-order valence-electron chi connectivity index (χ4n) is 10.7. The molecule has 4 saturated carbocycles. The highest BCUT2D eigenvalue weighted by Gasteiger charge is 2.44. The summed E-state index contributed by atoms with van der Waals surface area (Å²) in [6.45, 7) is 18.8. The lowest BCUT2D eigenvalue weighted by Gasteiger charge is -2.48. The standard InChI is InChI=1S/C42H74O7/c1-40(2,29-7-9-33(10-8-29)42(5,6)49-28-39-27-48-39)30-11-17-35(18-12-30)44-23-34(43)24-45-36-19-13-31(14-20-36)41(3,4)32-15-21-37(22-16-32)46-25-38-26-47-38/h29-39,43H,7-28H2,1-6H3. The van der Waals surface area contributed by atoms with Crippen LogP contribution in [0.3, 0.4) is 0 Å². The highest BCUT2D eigenvalue weighted by atomic mass is 16.6. The molecular formula is C42H74O7. The van der Waals surface area contributed by atoms with Gasteiger partial charge in [0, 0.05) is 0 Å². The molecule has 6 aliphatic rings. The summed E-state index contributed by atoms with van der Waals surface area (Å²) in [4.78, 5) is 0. The maximum Gasteiger partial charge on any atom is 0.104 e. The van der Waals surface area contributed by atoms with Gasteiger partial charge in [-0.1, -0.05) is 27.7 Å². The van der Waals surface area contributed by atoms with Crippen LogP contribution in [0.5, 0.6) is 0 Å². The number of ether oxygens (including phenoxy) is 6. The molecule has 2 saturated heterocycles. The van der Waals surface area contributed by atoms with Gasteiger partial charge in [-0.2, -0.15) is 0 Å². The molecule has 3 atom stereocenters. The first-order chi connectivity index (χ1) is 23.4. The van der Waals surface area contributed by atoms with Crippen molar-refractivity contribution in [2.24, 2.45) is 40.4 Å². The Morgan fingerprint density at radius 3 is 1.20 bits per heavy atom. The fraction of sp³-hybridized carbons (Fsp3) is 1.00. The normalized spacial score (nSPS) is 38.3. The smallest absolute Gasteiger partial charge is 0.104 e. The van der Waals surface area contributed by atoms with Crippen LogP contribution >= 0.6 is 0 Å². The van der Waals surface area contributed by atoms with Gasteiger partial charge in [0.1, 0.15) is 18.3 Å². The van der Waals surface area contributed by atoms with Crippen LogP contribution in [0.15, 0.2) is 0 Å². The second kappa shape index (κ2) is 16.8. The Labute approximate surface area is 299 Å². The topological polar surface area (TPSA) is 82.2 Å². The Kier molecular flexibility index (Phi) is 13.2. The van der Waals surface area contributed by atoms with Gasteiger partial charge in [0.25, 0.3) is 0 Å². The molecule has 3 unspecified atom stereocenters. The summed E-state index contributed by atoms with van der Waals surface area (Å²) in [5.74, 6) is 3.75. The molecule has 0 aromatic heterocycles. The Bertz CT molecular complexity index is 973. The molecule has 7 heteroatoms. The average Bonchev–Trinajstić information content (AvgIpc) is 4.05. The Morgan fingerprint density at radius 1 is 0.490 bits per heavy atom. The summed E-state index contributed by atoms with van der Waals surface area (Å²) in [5.41, 5.74) is 0.683. The minimum Gasteiger partial charge on any atom is -0.388 e. The summed E-state index contributed by atoms with van der Waals surface area (Å²) in [5, 5.41) is 10.8. The third-order valence-corrected chi connectivity index (χ3v) is 15.0. The molecule has 1 N–H and O–H groups in total. The third kappa shape index (κ3) is 10.7. The highest BCUT2D eigenvalue weighted by Crippen LogP contribution is 2.51. The molecule has 0 aromatic rings. The van der Waals surface area contributed by atoms with E-state index in [4.69, 9.17) is 28.4 Å². The molecule has 49 heavy (non-hydrogen) atoms. The van der Waals surface area contributed by atoms with Crippen molar-refractivity contribution in [2.45, 2.75) is 187 Å². The first-order valence-corrected chi connectivity index (χ1v) is 20.8. The number of hydrogen-bond donors (Lipinski definition) is 1. The van der Waals surface area contributed by atoms with Crippen molar-refractivity contribution in [1.82, 2.24) is 0 Å². The van der Waals surface area contributed by atoms with Crippen LogP contribution in [0.2, 0.25) is 0 Å². The van der Waals surface area contributed by atoms with Crippen molar-refractivity contribution in [3.63, 3.8) is 0 Å². The van der Waals surface area contributed by atoms with Crippen molar-refractivity contribution < 1.29 is 33.5 Å². The Morgan fingerprint density at radius 2 is 0.816 bits per heavy atom. The SMILES string of the molecule is CC(C)(OCC1CO1)C1CCC(C(C)(C)C2CCC(OCC(O)COC3CCC(C(C)(C)C4CCC(OCC5CO5)CC4)CC3)CC2)CC1. The van der Waals surface area contributed by atoms with Crippen LogP contribution in [0.25, 0.3) is 0 Å². The van der Waals surface area contributed by atoms with Crippen molar-refractivity contribution in [3.05, 3.63) is 0 Å². The zero-order chi connectivity index (χ0) is 34.6. The van der Waals surface area contributed by atoms with Crippen molar-refractivity contribution in [1.29, 1.82) is 0 Å². The van der Waals surface area contributed by atoms with Crippen LogP contribution in [-0.2, 0) is 28.4 Å². The van der Waals surface area contributed by atoms with Crippen LogP contribution in [0.4, 0.5) is 0 Å². The second-order valence-electron chi connectivity index (χ2n) is 19.1. The minimum atomic E-state index is -0.535. The molecule has 0 radical (unpaired) electrons. The van der Waals surface area contributed by atoms with E-state index in [0.29, 0.717) is 48.3 Å². The first kappa shape index (κ1) is 38.4. The highest BCUT2D eigenvalue weighted by molar-refractivity contribution is 4.94. The number of epoxide rings is 2. The van der Waals surface area contributed by atoms with Gasteiger partial charge in [-0.05, 0) is 157 Å². The quantitative estimate of drug-likeness (QED) is 0.153. The zero-order valence-electron chi connectivity index (χ0n) is 32.3. The lowest BCUT2D eigenvalue weighted by Crippen LogP contribution is -2.42. The third-order valence-electron chi connectivity index (χ3n) is 15.0. The van der Waals surface area contributed by atoms with E-state index in [1.165, 1.54) is 77.0 Å². The van der Waals surface area contributed by atoms with E-state index in [9.17, 15) is 5.11 Å². The van der Waals surface area contributed by atoms with E-state index < -0.39 is 6.10 Å². The Balaban J connectivity index is 0.820. The van der Waals surface area contributed by atoms with Crippen LogP contribution < -0.4 is 0 Å². The molecule has 6 fully saturated rings. The summed E-state index contributed by atoms with van der Waals surface area (Å²) in [7, 11) is 0. The summed E-state index contributed by atoms with van der Waals surface area (Å²) < 4.78 is 35.7. The second-order valence-corrected chi connectivity index (χ2v) is 19.1. The molecule has 0 spiro atoms. The van der Waals surface area contributed by atoms with Gasteiger partial charge in [-0.15, -0.1) is 0 Å². The maximum absolute atomic E-state index is 10.8. The van der Waals surface area contributed by atoms with Crippen LogP contribution in [-0.4, -0.2) is 87.0 Å². The minimum absolute atomic E-state index is 0.0517. The molecule has 4 aliphatic carbocycles. The van der Waals surface area contributed by atoms with Gasteiger partial charge in [0.2, 0.25) is 0 Å². The number of hydrogen-bond acceptors (Lipinski definition) is 7. The van der Waals surface area contributed by atoms with Gasteiger partial charge in [-0.25, -0.2) is 0 Å². The number of rotatable bonds is 17. The number of aliphatic hydroxyl groups excluding tert-OH is 1. The van der Waals surface area contributed by atoms with Crippen LogP contribution in [0, 0.1) is 40.4 Å². The zero-order valence-corrected chi connectivity index (χ0v) is 32.3. The van der Waals surface area contributed by atoms with Crippen molar-refractivity contribution in [3.8, 4) is 0 Å². The van der Waals surface area contributed by atoms with Crippen LogP contribution in [0.1, 0.15) is 144 Å². The molecule has 2 heterocycles. The molecule has 2 aliphatic heterocycles. The van der Waals surface area contributed by atoms with Gasteiger partial charge >= 0.3 is 0 Å². The van der Waals surface area contributed by atoms with Crippen molar-refractivity contribution in [2.75, 3.05) is 39.6 Å². The predicted octanol–water partition coefficient (Wildman–Crippen LogP) is 8.53. The fourth-order valence-corrected chi connectivity index (χ4v) is 10.7. The number of aliphatic hydroxyl groups is 1. The predicted molar refractivity (Wildman–Crippen MR) is 194 cm³/mol. The molecule has 0 amide bonds. The van der Waals surface area contributed by atoms with E-state index in [-0.39, 0.29) is 17.8 Å². The lowest BCUT2D eigenvalue weighted by molar-refractivity contribution is -0.0930. The summed E-state index contributed by atoms with van der Waals surface area (Å²) >= 11 is 0. The van der Waals surface area contributed by atoms with Gasteiger partial charge in [0.15, 0.2) is 0 Å². The van der Waals surface area contributed by atoms with Gasteiger partial charge in [-0.3, -0.25) is 0 Å². The monoisotopic (exact) mass is 691 g/mol.